The first-order valence-electron chi connectivity index (χ1n) is 6.82. The molecule has 1 heterocycles. The number of carbonyl (C=O) groups excluding carboxylic acids is 1. The fourth-order valence-corrected chi connectivity index (χ4v) is 4.07. The average molecular weight is 331 g/mol. The molecule has 1 aliphatic heterocycles. The zero-order chi connectivity index (χ0) is 15.3. The van der Waals surface area contributed by atoms with E-state index in [1.54, 1.807) is 16.7 Å². The van der Waals surface area contributed by atoms with Gasteiger partial charge in [0.15, 0.2) is 0 Å². The van der Waals surface area contributed by atoms with E-state index >= 15 is 0 Å². The van der Waals surface area contributed by atoms with Crippen molar-refractivity contribution in [1.82, 2.24) is 4.90 Å². The van der Waals surface area contributed by atoms with Gasteiger partial charge in [-0.1, -0.05) is 18.2 Å². The third kappa shape index (κ3) is 5.67. The fourth-order valence-electron chi connectivity index (χ4n) is 2.43. The topological polar surface area (TPSA) is 54.5 Å². The highest BCUT2D eigenvalue weighted by Gasteiger charge is 2.32. The Balaban J connectivity index is 1.70. The van der Waals surface area contributed by atoms with Gasteiger partial charge in [0.2, 0.25) is 5.91 Å². The van der Waals surface area contributed by atoms with Gasteiger partial charge in [0.1, 0.15) is 0 Å². The maximum atomic E-state index is 12.6. The molecule has 0 aromatic heterocycles. The normalized spacial score (nSPS) is 19.2. The Hall–Kier alpha value is -1.08. The van der Waals surface area contributed by atoms with E-state index in [0.29, 0.717) is 13.1 Å². The molecule has 116 valence electrons. The molecule has 0 spiro atoms. The van der Waals surface area contributed by atoms with Gasteiger partial charge in [-0.05, 0) is 24.3 Å². The second-order valence-electron chi connectivity index (χ2n) is 5.13. The maximum absolute atomic E-state index is 12.6. The SMILES string of the molecule is O=C1CC(CS(=O)(=O)F)CN1CCCSc1ccccc1. The van der Waals surface area contributed by atoms with Crippen molar-refractivity contribution in [3.05, 3.63) is 30.3 Å². The van der Waals surface area contributed by atoms with Gasteiger partial charge in [-0.25, -0.2) is 0 Å². The largest absolute Gasteiger partial charge is 0.342 e. The Labute approximate surface area is 128 Å². The lowest BCUT2D eigenvalue weighted by Crippen LogP contribution is -2.27. The molecule has 1 aromatic rings. The molecule has 1 aliphatic rings. The summed E-state index contributed by atoms with van der Waals surface area (Å²) >= 11 is 1.72. The third-order valence-corrected chi connectivity index (χ3v) is 5.28. The highest BCUT2D eigenvalue weighted by Crippen LogP contribution is 2.22. The van der Waals surface area contributed by atoms with Crippen molar-refractivity contribution >= 4 is 27.9 Å². The molecule has 21 heavy (non-hydrogen) atoms. The molecule has 0 aliphatic carbocycles. The first-order chi connectivity index (χ1) is 9.94. The van der Waals surface area contributed by atoms with Crippen LogP contribution in [0.4, 0.5) is 3.89 Å². The molecule has 2 rings (SSSR count). The number of benzene rings is 1. The van der Waals surface area contributed by atoms with Gasteiger partial charge in [0.05, 0.1) is 5.75 Å². The number of likely N-dealkylation sites (tertiary alicyclic amines) is 1. The molecule has 1 atom stereocenters. The highest BCUT2D eigenvalue weighted by molar-refractivity contribution is 7.99. The number of hydrogen-bond donors (Lipinski definition) is 0. The van der Waals surface area contributed by atoms with E-state index in [-0.39, 0.29) is 12.3 Å². The molecule has 1 aromatic carbocycles. The van der Waals surface area contributed by atoms with E-state index in [0.717, 1.165) is 12.2 Å². The van der Waals surface area contributed by atoms with Crippen LogP contribution in [0.25, 0.3) is 0 Å². The lowest BCUT2D eigenvalue weighted by molar-refractivity contribution is -0.127. The van der Waals surface area contributed by atoms with Crippen molar-refractivity contribution in [1.29, 1.82) is 0 Å². The van der Waals surface area contributed by atoms with Crippen LogP contribution in [0.1, 0.15) is 12.8 Å². The lowest BCUT2D eigenvalue weighted by Gasteiger charge is -2.16. The Morgan fingerprint density at radius 3 is 2.67 bits per heavy atom. The molecule has 1 saturated heterocycles. The van der Waals surface area contributed by atoms with E-state index in [1.807, 2.05) is 30.3 Å². The van der Waals surface area contributed by atoms with Crippen LogP contribution < -0.4 is 0 Å². The summed E-state index contributed by atoms with van der Waals surface area (Å²) in [5, 5.41) is 0. The number of rotatable bonds is 7. The number of halogens is 1. The predicted molar refractivity (Wildman–Crippen MR) is 81.4 cm³/mol. The summed E-state index contributed by atoms with van der Waals surface area (Å²) in [7, 11) is -4.50. The van der Waals surface area contributed by atoms with Gasteiger partial charge in [-0.15, -0.1) is 15.6 Å². The van der Waals surface area contributed by atoms with Crippen molar-refractivity contribution in [2.24, 2.45) is 5.92 Å². The number of hydrogen-bond acceptors (Lipinski definition) is 4. The lowest BCUT2D eigenvalue weighted by atomic mass is 10.1. The molecule has 0 saturated carbocycles. The maximum Gasteiger partial charge on any atom is 0.302 e. The third-order valence-electron chi connectivity index (χ3n) is 3.31. The molecule has 7 heteroatoms. The van der Waals surface area contributed by atoms with Crippen molar-refractivity contribution in [3.8, 4) is 0 Å². The van der Waals surface area contributed by atoms with Crippen LogP contribution >= 0.6 is 11.8 Å². The molecule has 1 unspecified atom stereocenters. The zero-order valence-electron chi connectivity index (χ0n) is 11.6. The van der Waals surface area contributed by atoms with Gasteiger partial charge in [-0.3, -0.25) is 4.79 Å². The molecule has 0 N–H and O–H groups in total. The Morgan fingerprint density at radius 2 is 2.00 bits per heavy atom. The van der Waals surface area contributed by atoms with Crippen LogP contribution in [0.5, 0.6) is 0 Å². The molecule has 4 nitrogen and oxygen atoms in total. The van der Waals surface area contributed by atoms with Crippen LogP contribution in [-0.2, 0) is 15.0 Å². The number of carbonyl (C=O) groups is 1. The quantitative estimate of drug-likeness (QED) is 0.437. The minimum absolute atomic E-state index is 0.0756. The summed E-state index contributed by atoms with van der Waals surface area (Å²) in [4.78, 5) is 14.6. The standard InChI is InChI=1S/C14H18FNO3S2/c15-21(18,19)11-12-9-14(17)16(10-12)7-4-8-20-13-5-2-1-3-6-13/h1-3,5-6,12H,4,7-11H2. The van der Waals surface area contributed by atoms with Crippen LogP contribution in [0.2, 0.25) is 0 Å². The molecule has 1 amide bonds. The van der Waals surface area contributed by atoms with Gasteiger partial charge < -0.3 is 4.90 Å². The number of nitrogens with zero attached hydrogens (tertiary/aromatic N) is 1. The predicted octanol–water partition coefficient (Wildman–Crippen LogP) is 2.32. The Bertz CT molecular complexity index is 577. The van der Waals surface area contributed by atoms with Crippen LogP contribution in [0.15, 0.2) is 35.2 Å². The fraction of sp³-hybridized carbons (Fsp3) is 0.500. The number of amides is 1. The van der Waals surface area contributed by atoms with E-state index in [1.165, 1.54) is 4.90 Å². The highest BCUT2D eigenvalue weighted by atomic mass is 32.3. The van der Waals surface area contributed by atoms with Crippen molar-refractivity contribution in [3.63, 3.8) is 0 Å². The summed E-state index contributed by atoms with van der Waals surface area (Å²) in [6.45, 7) is 0.944. The van der Waals surface area contributed by atoms with Gasteiger partial charge in [0.25, 0.3) is 0 Å². The summed E-state index contributed by atoms with van der Waals surface area (Å²) in [6.07, 6.45) is 0.968. The van der Waals surface area contributed by atoms with Crippen molar-refractivity contribution in [2.45, 2.75) is 17.7 Å². The monoisotopic (exact) mass is 331 g/mol. The molecule has 0 radical (unpaired) electrons. The molecule has 0 bridgehead atoms. The van der Waals surface area contributed by atoms with Crippen LogP contribution in [0.3, 0.4) is 0 Å². The minimum Gasteiger partial charge on any atom is -0.342 e. The summed E-state index contributed by atoms with van der Waals surface area (Å²) in [5.41, 5.74) is 0. The van der Waals surface area contributed by atoms with E-state index < -0.39 is 21.9 Å². The Morgan fingerprint density at radius 1 is 1.29 bits per heavy atom. The first kappa shape index (κ1) is 16.3. The van der Waals surface area contributed by atoms with E-state index in [9.17, 15) is 17.1 Å². The first-order valence-corrected chi connectivity index (χ1v) is 9.36. The summed E-state index contributed by atoms with van der Waals surface area (Å²) in [6, 6.07) is 10.00. The van der Waals surface area contributed by atoms with Crippen LogP contribution in [0, 0.1) is 5.92 Å². The summed E-state index contributed by atoms with van der Waals surface area (Å²) < 4.78 is 33.9. The summed E-state index contributed by atoms with van der Waals surface area (Å²) in [5.74, 6) is -0.143. The molecular formula is C14H18FNO3S2. The van der Waals surface area contributed by atoms with Crippen molar-refractivity contribution in [2.75, 3.05) is 24.6 Å². The van der Waals surface area contributed by atoms with Gasteiger partial charge in [-0.2, -0.15) is 8.42 Å². The van der Waals surface area contributed by atoms with E-state index in [4.69, 9.17) is 0 Å². The smallest absolute Gasteiger partial charge is 0.302 e. The van der Waals surface area contributed by atoms with Gasteiger partial charge >= 0.3 is 10.2 Å². The average Bonchev–Trinajstić information content (AvgIpc) is 2.74. The zero-order valence-corrected chi connectivity index (χ0v) is 13.2. The van der Waals surface area contributed by atoms with E-state index in [2.05, 4.69) is 0 Å². The molecular weight excluding hydrogens is 313 g/mol. The number of thioether (sulfide) groups is 1. The van der Waals surface area contributed by atoms with Gasteiger partial charge in [0, 0.05) is 30.3 Å². The van der Waals surface area contributed by atoms with Crippen molar-refractivity contribution < 1.29 is 17.1 Å². The molecule has 1 fully saturated rings. The van der Waals surface area contributed by atoms with Crippen LogP contribution in [-0.4, -0.2) is 43.8 Å². The minimum atomic E-state index is -4.50. The second-order valence-corrected chi connectivity index (χ2v) is 7.71. The second kappa shape index (κ2) is 7.26. The Kier molecular flexibility index (Phi) is 5.64.